The summed E-state index contributed by atoms with van der Waals surface area (Å²) in [5, 5.41) is 4.68. The lowest BCUT2D eigenvalue weighted by molar-refractivity contribution is -0.145. The summed E-state index contributed by atoms with van der Waals surface area (Å²) in [5.41, 5.74) is 0.797. The molecule has 1 aromatic heterocycles. The van der Waals surface area contributed by atoms with E-state index in [2.05, 4.69) is 5.16 Å². The summed E-state index contributed by atoms with van der Waals surface area (Å²) in [6, 6.07) is 6.80. The Bertz CT molecular complexity index is 584. The molecule has 2 aromatic rings. The highest BCUT2D eigenvalue weighted by molar-refractivity contribution is 6.35. The predicted octanol–water partition coefficient (Wildman–Crippen LogP) is 3.87. The van der Waals surface area contributed by atoms with E-state index in [0.717, 1.165) is 5.56 Å². The molecule has 0 radical (unpaired) electrons. The Labute approximate surface area is 126 Å². The standard InChI is InChI=1S/C14H13Cl2NO3/c1-2-19-14(18)11(13-5-6-17-20-13)7-9-3-4-10(15)8-12(9)16/h3-6,8,11H,2,7H2,1H3/t11-/m0/s1. The van der Waals surface area contributed by atoms with Crippen molar-refractivity contribution in [3.63, 3.8) is 0 Å². The molecular weight excluding hydrogens is 301 g/mol. The van der Waals surface area contributed by atoms with Gasteiger partial charge in [0.1, 0.15) is 5.92 Å². The Morgan fingerprint density at radius 3 is 2.80 bits per heavy atom. The largest absolute Gasteiger partial charge is 0.465 e. The van der Waals surface area contributed by atoms with E-state index in [-0.39, 0.29) is 5.97 Å². The molecule has 4 nitrogen and oxygen atoms in total. The number of carbonyl (C=O) groups excluding carboxylic acids is 1. The highest BCUT2D eigenvalue weighted by atomic mass is 35.5. The zero-order valence-corrected chi connectivity index (χ0v) is 12.3. The summed E-state index contributed by atoms with van der Waals surface area (Å²) in [5.74, 6) is -0.485. The van der Waals surface area contributed by atoms with Crippen molar-refractivity contribution in [3.05, 3.63) is 51.8 Å². The zero-order valence-electron chi connectivity index (χ0n) is 10.8. The fourth-order valence-corrected chi connectivity index (χ4v) is 2.34. The normalized spacial score (nSPS) is 12.2. The number of rotatable bonds is 5. The Hall–Kier alpha value is -1.52. The van der Waals surface area contributed by atoms with Crippen LogP contribution >= 0.6 is 23.2 Å². The number of aromatic nitrogens is 1. The maximum Gasteiger partial charge on any atom is 0.317 e. The van der Waals surface area contributed by atoms with E-state index < -0.39 is 5.92 Å². The lowest BCUT2D eigenvalue weighted by atomic mass is 9.97. The van der Waals surface area contributed by atoms with Crippen LogP contribution in [0.3, 0.4) is 0 Å². The molecule has 0 aliphatic heterocycles. The molecule has 0 spiro atoms. The second-order valence-corrected chi connectivity index (χ2v) is 5.00. The number of hydrogen-bond acceptors (Lipinski definition) is 4. The number of halogens is 2. The third-order valence-electron chi connectivity index (χ3n) is 2.81. The average Bonchev–Trinajstić information content (AvgIpc) is 2.91. The molecule has 0 saturated carbocycles. The molecule has 0 N–H and O–H groups in total. The van der Waals surface area contributed by atoms with Gasteiger partial charge in [-0.2, -0.15) is 0 Å². The van der Waals surface area contributed by atoms with Crippen molar-refractivity contribution in [1.82, 2.24) is 5.16 Å². The summed E-state index contributed by atoms with van der Waals surface area (Å²) in [7, 11) is 0. The Morgan fingerprint density at radius 1 is 1.40 bits per heavy atom. The van der Waals surface area contributed by atoms with Crippen LogP contribution in [-0.2, 0) is 16.0 Å². The van der Waals surface area contributed by atoms with Crippen LogP contribution in [-0.4, -0.2) is 17.7 Å². The minimum absolute atomic E-state index is 0.303. The molecule has 20 heavy (non-hydrogen) atoms. The van der Waals surface area contributed by atoms with Gasteiger partial charge in [-0.1, -0.05) is 34.4 Å². The summed E-state index contributed by atoms with van der Waals surface area (Å²) in [6.07, 6.45) is 1.86. The van der Waals surface area contributed by atoms with Gasteiger partial charge in [0.05, 0.1) is 12.8 Å². The number of carbonyl (C=O) groups is 1. The first-order valence-corrected chi connectivity index (χ1v) is 6.88. The third-order valence-corrected chi connectivity index (χ3v) is 3.40. The van der Waals surface area contributed by atoms with E-state index >= 15 is 0 Å². The van der Waals surface area contributed by atoms with Crippen molar-refractivity contribution in [2.24, 2.45) is 0 Å². The molecule has 1 atom stereocenters. The van der Waals surface area contributed by atoms with Crippen molar-refractivity contribution in [2.75, 3.05) is 6.61 Å². The van der Waals surface area contributed by atoms with E-state index in [0.29, 0.717) is 28.8 Å². The number of nitrogens with zero attached hydrogens (tertiary/aromatic N) is 1. The van der Waals surface area contributed by atoms with Crippen LogP contribution in [0.15, 0.2) is 35.0 Å². The topological polar surface area (TPSA) is 52.3 Å². The lowest BCUT2D eigenvalue weighted by Gasteiger charge is -2.13. The predicted molar refractivity (Wildman–Crippen MR) is 76.0 cm³/mol. The van der Waals surface area contributed by atoms with E-state index in [1.54, 1.807) is 31.2 Å². The smallest absolute Gasteiger partial charge is 0.317 e. The van der Waals surface area contributed by atoms with Gasteiger partial charge in [-0.25, -0.2) is 0 Å². The molecule has 0 saturated heterocycles. The molecule has 0 amide bonds. The summed E-state index contributed by atoms with van der Waals surface area (Å²) in [6.45, 7) is 2.06. The minimum atomic E-state index is -0.573. The quantitative estimate of drug-likeness (QED) is 0.786. The van der Waals surface area contributed by atoms with Crippen molar-refractivity contribution < 1.29 is 14.1 Å². The Balaban J connectivity index is 2.26. The second-order valence-electron chi connectivity index (χ2n) is 4.16. The fraction of sp³-hybridized carbons (Fsp3) is 0.286. The van der Waals surface area contributed by atoms with Gasteiger partial charge in [-0.15, -0.1) is 0 Å². The number of hydrogen-bond donors (Lipinski definition) is 0. The van der Waals surface area contributed by atoms with Gasteiger partial charge < -0.3 is 9.26 Å². The minimum Gasteiger partial charge on any atom is -0.465 e. The second kappa shape index (κ2) is 6.77. The SMILES string of the molecule is CCOC(=O)[C@@H](Cc1ccc(Cl)cc1Cl)c1ccno1. The van der Waals surface area contributed by atoms with E-state index in [4.69, 9.17) is 32.5 Å². The summed E-state index contributed by atoms with van der Waals surface area (Å²) in [4.78, 5) is 12.0. The molecule has 1 heterocycles. The zero-order chi connectivity index (χ0) is 14.5. The number of benzene rings is 1. The first kappa shape index (κ1) is 14.9. The van der Waals surface area contributed by atoms with Crippen LogP contribution in [0.5, 0.6) is 0 Å². The monoisotopic (exact) mass is 313 g/mol. The lowest BCUT2D eigenvalue weighted by Crippen LogP contribution is -2.18. The number of esters is 1. The van der Waals surface area contributed by atoms with Gasteiger partial charge in [0.15, 0.2) is 5.76 Å². The summed E-state index contributed by atoms with van der Waals surface area (Å²) < 4.78 is 10.1. The van der Waals surface area contributed by atoms with Crippen molar-refractivity contribution in [3.8, 4) is 0 Å². The molecule has 2 rings (SSSR count). The average molecular weight is 314 g/mol. The van der Waals surface area contributed by atoms with Crippen LogP contribution in [0.1, 0.15) is 24.2 Å². The van der Waals surface area contributed by atoms with Gasteiger partial charge in [0, 0.05) is 16.1 Å². The van der Waals surface area contributed by atoms with Gasteiger partial charge in [0.25, 0.3) is 0 Å². The van der Waals surface area contributed by atoms with Gasteiger partial charge in [0.2, 0.25) is 0 Å². The van der Waals surface area contributed by atoms with Crippen molar-refractivity contribution in [1.29, 1.82) is 0 Å². The molecule has 0 aliphatic carbocycles. The molecule has 0 bridgehead atoms. The van der Waals surface area contributed by atoms with Gasteiger partial charge in [-0.05, 0) is 31.0 Å². The Kier molecular flexibility index (Phi) is 5.04. The maximum atomic E-state index is 12.0. The van der Waals surface area contributed by atoms with Gasteiger partial charge in [-0.3, -0.25) is 4.79 Å². The van der Waals surface area contributed by atoms with Crippen LogP contribution in [0.2, 0.25) is 10.0 Å². The molecule has 0 unspecified atom stereocenters. The molecular formula is C14H13Cl2NO3. The van der Waals surface area contributed by atoms with Crippen LogP contribution in [0.4, 0.5) is 0 Å². The molecule has 0 fully saturated rings. The molecule has 0 aliphatic rings. The highest BCUT2D eigenvalue weighted by Crippen LogP contribution is 2.28. The van der Waals surface area contributed by atoms with Crippen LogP contribution in [0.25, 0.3) is 0 Å². The van der Waals surface area contributed by atoms with E-state index in [1.807, 2.05) is 0 Å². The van der Waals surface area contributed by atoms with Crippen LogP contribution < -0.4 is 0 Å². The van der Waals surface area contributed by atoms with Crippen molar-refractivity contribution >= 4 is 29.2 Å². The first-order chi connectivity index (χ1) is 9.61. The molecule has 6 heteroatoms. The van der Waals surface area contributed by atoms with E-state index in [1.165, 1.54) is 6.20 Å². The van der Waals surface area contributed by atoms with Gasteiger partial charge >= 0.3 is 5.97 Å². The van der Waals surface area contributed by atoms with E-state index in [9.17, 15) is 4.79 Å². The molecule has 106 valence electrons. The molecule has 1 aromatic carbocycles. The van der Waals surface area contributed by atoms with Crippen molar-refractivity contribution in [2.45, 2.75) is 19.3 Å². The fourth-order valence-electron chi connectivity index (χ4n) is 1.86. The van der Waals surface area contributed by atoms with Crippen LogP contribution in [0, 0.1) is 0 Å². The highest BCUT2D eigenvalue weighted by Gasteiger charge is 2.26. The Morgan fingerprint density at radius 2 is 2.20 bits per heavy atom. The summed E-state index contributed by atoms with van der Waals surface area (Å²) >= 11 is 12.0. The maximum absolute atomic E-state index is 12.0. The first-order valence-electron chi connectivity index (χ1n) is 6.13. The number of ether oxygens (including phenoxy) is 1. The third kappa shape index (κ3) is 3.52.